The maximum atomic E-state index is 13.5. The van der Waals surface area contributed by atoms with Gasteiger partial charge < -0.3 is 19.7 Å². The van der Waals surface area contributed by atoms with Crippen LogP contribution in [0.1, 0.15) is 92.9 Å². The number of hydrogen-bond acceptors (Lipinski definition) is 5. The lowest BCUT2D eigenvalue weighted by Gasteiger charge is -2.45. The Hall–Kier alpha value is -1.79. The van der Waals surface area contributed by atoms with Gasteiger partial charge in [-0.05, 0) is 79.1 Å². The monoisotopic (exact) mass is 422 g/mol. The highest BCUT2D eigenvalue weighted by atomic mass is 16.6. The second kappa shape index (κ2) is 8.04. The summed E-state index contributed by atoms with van der Waals surface area (Å²) in [5.74, 6) is -0.517. The molecule has 3 aliphatic rings. The lowest BCUT2D eigenvalue weighted by molar-refractivity contribution is -0.165. The standard InChI is InChI=1S/C23H38N2O5/c1-21(2,3)29-19(27)16-14-23(12-8-7-9-13-23)17-11-10-15(18(26)25(16)17)24-20(28)30-22(4,5)6/h15-17H,7-14H2,1-6H3,(H,24,28)/t15-,16+,17+/m1/s1. The number of rotatable bonds is 2. The van der Waals surface area contributed by atoms with Crippen LogP contribution in [0.25, 0.3) is 0 Å². The molecule has 2 aliphatic heterocycles. The number of nitrogens with one attached hydrogen (secondary N) is 1. The van der Waals surface area contributed by atoms with Crippen molar-refractivity contribution in [1.29, 1.82) is 0 Å². The number of ether oxygens (including phenoxy) is 2. The van der Waals surface area contributed by atoms with Gasteiger partial charge in [-0.2, -0.15) is 0 Å². The second-order valence-corrected chi connectivity index (χ2v) is 11.2. The van der Waals surface area contributed by atoms with Crippen LogP contribution in [0, 0.1) is 5.41 Å². The summed E-state index contributed by atoms with van der Waals surface area (Å²) in [4.78, 5) is 40.6. The fourth-order valence-corrected chi connectivity index (χ4v) is 5.46. The van der Waals surface area contributed by atoms with Crippen molar-refractivity contribution in [2.45, 2.75) is 122 Å². The van der Waals surface area contributed by atoms with Gasteiger partial charge in [0.05, 0.1) is 0 Å². The largest absolute Gasteiger partial charge is 0.458 e. The quantitative estimate of drug-likeness (QED) is 0.682. The Balaban J connectivity index is 1.82. The third-order valence-electron chi connectivity index (χ3n) is 6.48. The Morgan fingerprint density at radius 2 is 1.57 bits per heavy atom. The fourth-order valence-electron chi connectivity index (χ4n) is 5.46. The summed E-state index contributed by atoms with van der Waals surface area (Å²) in [6, 6.07) is -1.21. The van der Waals surface area contributed by atoms with Crippen molar-refractivity contribution >= 4 is 18.0 Å². The average Bonchev–Trinajstić information content (AvgIpc) is 2.90. The minimum absolute atomic E-state index is 0.00757. The predicted octanol–water partition coefficient (Wildman–Crippen LogP) is 3.94. The fraction of sp³-hybridized carbons (Fsp3) is 0.870. The summed E-state index contributed by atoms with van der Waals surface area (Å²) >= 11 is 0. The molecule has 2 saturated heterocycles. The summed E-state index contributed by atoms with van der Waals surface area (Å²) in [5.41, 5.74) is -1.25. The molecule has 1 aliphatic carbocycles. The zero-order valence-corrected chi connectivity index (χ0v) is 19.4. The van der Waals surface area contributed by atoms with E-state index in [-0.39, 0.29) is 23.3 Å². The van der Waals surface area contributed by atoms with Crippen molar-refractivity contribution < 1.29 is 23.9 Å². The van der Waals surface area contributed by atoms with Crippen molar-refractivity contribution in [2.75, 3.05) is 0 Å². The van der Waals surface area contributed by atoms with Crippen LogP contribution in [0.2, 0.25) is 0 Å². The van der Waals surface area contributed by atoms with Crippen LogP contribution in [-0.4, -0.2) is 52.2 Å². The highest BCUT2D eigenvalue weighted by Crippen LogP contribution is 2.53. The van der Waals surface area contributed by atoms with E-state index in [2.05, 4.69) is 5.32 Å². The Morgan fingerprint density at radius 3 is 2.13 bits per heavy atom. The maximum Gasteiger partial charge on any atom is 0.408 e. The third-order valence-corrected chi connectivity index (χ3v) is 6.48. The van der Waals surface area contributed by atoms with Crippen molar-refractivity contribution in [2.24, 2.45) is 5.41 Å². The zero-order valence-electron chi connectivity index (χ0n) is 19.4. The number of carbonyl (C=O) groups excluding carboxylic acids is 3. The first-order valence-electron chi connectivity index (χ1n) is 11.4. The summed E-state index contributed by atoms with van der Waals surface area (Å²) < 4.78 is 11.0. The van der Waals surface area contributed by atoms with Crippen LogP contribution in [-0.2, 0) is 19.1 Å². The summed E-state index contributed by atoms with van der Waals surface area (Å²) in [6.45, 7) is 10.9. The molecule has 3 fully saturated rings. The SMILES string of the molecule is CC(C)(C)OC(=O)N[C@@H]1CC[C@@H]2N(C1=O)[C@H](C(=O)OC(C)(C)C)CC21CCCCC1. The molecule has 0 aromatic heterocycles. The van der Waals surface area contributed by atoms with Crippen molar-refractivity contribution in [3.05, 3.63) is 0 Å². The molecular formula is C23H38N2O5. The number of hydrogen-bond donors (Lipinski definition) is 1. The molecule has 7 heteroatoms. The molecule has 2 heterocycles. The highest BCUT2D eigenvalue weighted by Gasteiger charge is 2.59. The van der Waals surface area contributed by atoms with Gasteiger partial charge in [-0.1, -0.05) is 19.3 Å². The molecule has 1 spiro atoms. The average molecular weight is 423 g/mol. The molecule has 30 heavy (non-hydrogen) atoms. The van der Waals surface area contributed by atoms with E-state index in [9.17, 15) is 14.4 Å². The number of fused-ring (bicyclic) bond motifs is 2. The van der Waals surface area contributed by atoms with Gasteiger partial charge in [-0.25, -0.2) is 9.59 Å². The van der Waals surface area contributed by atoms with E-state index in [1.807, 2.05) is 20.8 Å². The van der Waals surface area contributed by atoms with E-state index in [4.69, 9.17) is 9.47 Å². The minimum Gasteiger partial charge on any atom is -0.458 e. The van der Waals surface area contributed by atoms with E-state index in [0.29, 0.717) is 12.8 Å². The third kappa shape index (κ3) is 4.92. The molecule has 3 atom stereocenters. The number of alkyl carbamates (subject to hydrolysis) is 1. The summed E-state index contributed by atoms with van der Waals surface area (Å²) in [6.07, 6.45) is 7.00. The predicted molar refractivity (Wildman–Crippen MR) is 113 cm³/mol. The number of esters is 1. The van der Waals surface area contributed by atoms with Gasteiger partial charge in [0.25, 0.3) is 0 Å². The molecule has 0 aromatic rings. The van der Waals surface area contributed by atoms with Crippen LogP contribution in [0.5, 0.6) is 0 Å². The molecule has 0 aromatic carbocycles. The number of piperidine rings is 1. The Labute approximate surface area is 180 Å². The van der Waals surface area contributed by atoms with Gasteiger partial charge in [0.2, 0.25) is 5.91 Å². The molecule has 2 amide bonds. The van der Waals surface area contributed by atoms with Gasteiger partial charge in [-0.3, -0.25) is 4.79 Å². The first-order valence-corrected chi connectivity index (χ1v) is 11.4. The van der Waals surface area contributed by atoms with Crippen LogP contribution in [0.3, 0.4) is 0 Å². The first-order chi connectivity index (χ1) is 13.8. The first kappa shape index (κ1) is 22.9. The lowest BCUT2D eigenvalue weighted by Crippen LogP contribution is -2.59. The normalized spacial score (nSPS) is 28.8. The molecule has 1 saturated carbocycles. The smallest absolute Gasteiger partial charge is 0.408 e. The van der Waals surface area contributed by atoms with Gasteiger partial charge in [-0.15, -0.1) is 0 Å². The van der Waals surface area contributed by atoms with Gasteiger partial charge in [0.15, 0.2) is 0 Å². The topological polar surface area (TPSA) is 84.9 Å². The molecule has 0 unspecified atom stereocenters. The van der Waals surface area contributed by atoms with E-state index < -0.39 is 29.4 Å². The molecule has 3 rings (SSSR count). The van der Waals surface area contributed by atoms with Crippen LogP contribution in [0.4, 0.5) is 4.79 Å². The van der Waals surface area contributed by atoms with Crippen molar-refractivity contribution in [1.82, 2.24) is 10.2 Å². The number of amides is 2. The Morgan fingerprint density at radius 1 is 0.967 bits per heavy atom. The van der Waals surface area contributed by atoms with E-state index >= 15 is 0 Å². The van der Waals surface area contributed by atoms with Crippen LogP contribution < -0.4 is 5.32 Å². The van der Waals surface area contributed by atoms with Gasteiger partial charge in [0.1, 0.15) is 23.3 Å². The number of carbonyl (C=O) groups is 3. The molecule has 1 N–H and O–H groups in total. The number of nitrogens with zero attached hydrogens (tertiary/aromatic N) is 1. The van der Waals surface area contributed by atoms with Gasteiger partial charge >= 0.3 is 12.1 Å². The molecule has 0 bridgehead atoms. The molecule has 7 nitrogen and oxygen atoms in total. The lowest BCUT2D eigenvalue weighted by atomic mass is 9.67. The minimum atomic E-state index is -0.667. The van der Waals surface area contributed by atoms with E-state index in [1.54, 1.807) is 25.7 Å². The zero-order chi connectivity index (χ0) is 22.3. The summed E-state index contributed by atoms with van der Waals surface area (Å²) in [7, 11) is 0. The second-order valence-electron chi connectivity index (χ2n) is 11.2. The highest BCUT2D eigenvalue weighted by molar-refractivity contribution is 5.91. The van der Waals surface area contributed by atoms with Crippen molar-refractivity contribution in [3.63, 3.8) is 0 Å². The van der Waals surface area contributed by atoms with E-state index in [0.717, 1.165) is 32.1 Å². The maximum absolute atomic E-state index is 13.5. The molecule has 170 valence electrons. The summed E-state index contributed by atoms with van der Waals surface area (Å²) in [5, 5.41) is 2.73. The molecule has 0 radical (unpaired) electrons. The Bertz CT molecular complexity index is 685. The van der Waals surface area contributed by atoms with Gasteiger partial charge in [0, 0.05) is 6.04 Å². The Kier molecular flexibility index (Phi) is 6.14. The van der Waals surface area contributed by atoms with Crippen molar-refractivity contribution in [3.8, 4) is 0 Å². The van der Waals surface area contributed by atoms with Crippen LogP contribution >= 0.6 is 0 Å². The molecular weight excluding hydrogens is 384 g/mol. The van der Waals surface area contributed by atoms with Crippen LogP contribution in [0.15, 0.2) is 0 Å². The van der Waals surface area contributed by atoms with E-state index in [1.165, 1.54) is 6.42 Å².